The zero-order chi connectivity index (χ0) is 45.7. The molecule has 0 saturated heterocycles. The van der Waals surface area contributed by atoms with Crippen molar-refractivity contribution in [2.75, 3.05) is 12.3 Å². The van der Waals surface area contributed by atoms with E-state index in [-0.39, 0.29) is 7.92 Å². The highest BCUT2D eigenvalue weighted by atomic mass is 31.1. The van der Waals surface area contributed by atoms with Crippen molar-refractivity contribution in [2.24, 2.45) is 0 Å². The van der Waals surface area contributed by atoms with Crippen LogP contribution < -0.4 is 5.30 Å². The number of hydrogen-bond acceptors (Lipinski definition) is 0. The largest absolute Gasteiger partial charge is 0.0984 e. The lowest BCUT2D eigenvalue weighted by molar-refractivity contribution is 0.526. The van der Waals surface area contributed by atoms with Crippen molar-refractivity contribution >= 4 is 25.4 Å². The molecule has 1 aromatic rings. The lowest BCUT2D eigenvalue weighted by Gasteiger charge is -2.30. The second kappa shape index (κ2) is 46.2. The van der Waals surface area contributed by atoms with E-state index in [9.17, 15) is 0 Å². The molecule has 0 aliphatic rings. The van der Waals surface area contributed by atoms with Crippen LogP contribution in [0, 0.1) is 0 Å². The molecular weight excluding hydrogens is 776 g/mol. The number of unbranched alkanes of at least 4 members (excludes halogenated alkanes) is 37. The molecule has 0 radical (unpaired) electrons. The summed E-state index contributed by atoms with van der Waals surface area (Å²) in [7, 11) is -0.184. The van der Waals surface area contributed by atoms with Crippen molar-refractivity contribution in [3.8, 4) is 0 Å². The summed E-state index contributed by atoms with van der Waals surface area (Å²) in [5.74, 6) is 0. The predicted molar refractivity (Wildman–Crippen MR) is 296 cm³/mol. The van der Waals surface area contributed by atoms with Gasteiger partial charge in [0.1, 0.15) is 0 Å². The Balaban J connectivity index is 2.77. The fourth-order valence-corrected chi connectivity index (χ4v) is 13.5. The molecule has 63 heavy (non-hydrogen) atoms. The minimum absolute atomic E-state index is 0.184. The van der Waals surface area contributed by atoms with E-state index in [4.69, 9.17) is 0 Å². The van der Waals surface area contributed by atoms with Crippen LogP contribution >= 0.6 is 7.92 Å². The summed E-state index contributed by atoms with van der Waals surface area (Å²) in [6, 6.07) is 0. The summed E-state index contributed by atoms with van der Waals surface area (Å²) in [4.78, 5) is 0. The summed E-state index contributed by atoms with van der Waals surface area (Å²) in [6.07, 6.45) is 71.0. The van der Waals surface area contributed by atoms with Gasteiger partial charge in [-0.2, -0.15) is 0 Å². The van der Waals surface area contributed by atoms with Crippen LogP contribution in [0.5, 0.6) is 0 Å². The van der Waals surface area contributed by atoms with Crippen molar-refractivity contribution in [2.45, 2.75) is 324 Å². The van der Waals surface area contributed by atoms with Gasteiger partial charge in [-0.1, -0.05) is 305 Å². The highest BCUT2D eigenvalue weighted by Crippen LogP contribution is 2.44. The minimum Gasteiger partial charge on any atom is -0.0984 e. The monoisotopic (exact) mass is 891 g/mol. The van der Waals surface area contributed by atoms with Crippen molar-refractivity contribution in [1.82, 2.24) is 0 Å². The van der Waals surface area contributed by atoms with Gasteiger partial charge in [-0.3, -0.25) is 0 Å². The van der Waals surface area contributed by atoms with Gasteiger partial charge in [-0.15, -0.1) is 0 Å². The lowest BCUT2D eigenvalue weighted by Crippen LogP contribution is -2.23. The smallest absolute Gasteiger partial charge is 0.0164 e. The summed E-state index contributed by atoms with van der Waals surface area (Å²) >= 11 is 0. The van der Waals surface area contributed by atoms with Gasteiger partial charge in [0.25, 0.3) is 0 Å². The Kier molecular flexibility index (Phi) is 44.2. The van der Waals surface area contributed by atoms with Gasteiger partial charge in [0.15, 0.2) is 0 Å². The molecule has 0 unspecified atom stereocenters. The van der Waals surface area contributed by atoms with Crippen LogP contribution in [0.2, 0.25) is 0 Å². The highest BCUT2D eigenvalue weighted by Gasteiger charge is 2.25. The van der Waals surface area contributed by atoms with Gasteiger partial charge < -0.3 is 0 Å². The Labute approximate surface area is 400 Å². The molecule has 1 rings (SSSR count). The van der Waals surface area contributed by atoms with Crippen LogP contribution in [0.15, 0.2) is 13.2 Å². The van der Waals surface area contributed by atoms with E-state index in [2.05, 4.69) is 59.9 Å². The second-order valence-electron chi connectivity index (χ2n) is 20.3. The van der Waals surface area contributed by atoms with E-state index >= 15 is 0 Å². The molecule has 0 N–H and O–H groups in total. The Morgan fingerprint density at radius 2 is 0.476 bits per heavy atom. The van der Waals surface area contributed by atoms with Crippen molar-refractivity contribution in [3.63, 3.8) is 0 Å². The molecule has 0 nitrogen and oxygen atoms in total. The van der Waals surface area contributed by atoms with Crippen LogP contribution in [0.4, 0.5) is 0 Å². The summed E-state index contributed by atoms with van der Waals surface area (Å²) in [5.41, 5.74) is 8.07. The van der Waals surface area contributed by atoms with E-state index in [1.807, 2.05) is 5.30 Å². The van der Waals surface area contributed by atoms with Gasteiger partial charge in [0.2, 0.25) is 0 Å². The standard InChI is InChI=1S/C62H115P/c1-8-15-20-22-24-26-28-30-32-34-36-38-40-42-44-46-48-50-55-63(56-51-49-47-45-43-41-39-37-35-33-31-29-27-25-23-21-16-9-2)62-60(53-18-11-4)57(13-6)59(52-17-10-3)58(14-7)61(62)54-19-12-5/h13-14H,6-12,15-56H2,1-5H3. The second-order valence-corrected chi connectivity index (χ2v) is 22.8. The molecule has 0 aromatic heterocycles. The van der Waals surface area contributed by atoms with Crippen molar-refractivity contribution in [1.29, 1.82) is 0 Å². The summed E-state index contributed by atoms with van der Waals surface area (Å²) < 4.78 is 0. The van der Waals surface area contributed by atoms with Crippen LogP contribution in [0.1, 0.15) is 332 Å². The average Bonchev–Trinajstić information content (AvgIpc) is 3.30. The Morgan fingerprint density at radius 1 is 0.270 bits per heavy atom. The quantitative estimate of drug-likeness (QED) is 0.0452. The molecule has 0 aliphatic heterocycles. The lowest BCUT2D eigenvalue weighted by atomic mass is 9.85. The third-order valence-corrected chi connectivity index (χ3v) is 17.4. The summed E-state index contributed by atoms with van der Waals surface area (Å²) in [6.45, 7) is 20.8. The van der Waals surface area contributed by atoms with Gasteiger partial charge in [-0.25, -0.2) is 0 Å². The number of hydrogen-bond donors (Lipinski definition) is 0. The van der Waals surface area contributed by atoms with Crippen molar-refractivity contribution in [3.05, 3.63) is 41.0 Å². The molecule has 0 heterocycles. The summed E-state index contributed by atoms with van der Waals surface area (Å²) in [5, 5.41) is 1.84. The van der Waals surface area contributed by atoms with E-state index in [1.165, 1.54) is 312 Å². The Morgan fingerprint density at radius 3 is 0.698 bits per heavy atom. The third kappa shape index (κ3) is 30.9. The third-order valence-electron chi connectivity index (χ3n) is 14.5. The molecule has 0 saturated carbocycles. The molecule has 0 bridgehead atoms. The maximum absolute atomic E-state index is 4.51. The number of rotatable bonds is 50. The first kappa shape index (κ1) is 60.1. The molecule has 0 spiro atoms. The molecule has 0 atom stereocenters. The van der Waals surface area contributed by atoms with E-state index in [0.29, 0.717) is 0 Å². The highest BCUT2D eigenvalue weighted by molar-refractivity contribution is 7.65. The van der Waals surface area contributed by atoms with E-state index < -0.39 is 0 Å². The first-order valence-corrected chi connectivity index (χ1v) is 31.1. The molecule has 0 aliphatic carbocycles. The SMILES string of the molecule is C=Cc1c(CCCC)c(C=C)c(CCCC)c(P(CCCCCCCCCCCCCCCCCCCC)CCCCCCCCCCCCCCCCCCCC)c1CCCC. The van der Waals surface area contributed by atoms with E-state index in [0.717, 1.165) is 0 Å². The fraction of sp³-hybridized carbons (Fsp3) is 0.839. The molecule has 368 valence electrons. The van der Waals surface area contributed by atoms with Crippen LogP contribution in [0.3, 0.4) is 0 Å². The molecule has 1 heteroatoms. The topological polar surface area (TPSA) is 0 Å². The Bertz CT molecular complexity index is 1060. The molecular formula is C62H115P. The van der Waals surface area contributed by atoms with Gasteiger partial charge in [-0.05, 0) is 96.8 Å². The maximum atomic E-state index is 4.51. The zero-order valence-electron chi connectivity index (χ0n) is 44.3. The van der Waals surface area contributed by atoms with Gasteiger partial charge in [0, 0.05) is 0 Å². The van der Waals surface area contributed by atoms with Crippen LogP contribution in [-0.4, -0.2) is 12.3 Å². The Hall–Kier alpha value is -0.870. The average molecular weight is 892 g/mol. The molecule has 0 fully saturated rings. The zero-order valence-corrected chi connectivity index (χ0v) is 45.1. The minimum atomic E-state index is -0.184. The van der Waals surface area contributed by atoms with E-state index in [1.54, 1.807) is 16.7 Å². The van der Waals surface area contributed by atoms with Gasteiger partial charge in [0.05, 0.1) is 0 Å². The van der Waals surface area contributed by atoms with Crippen LogP contribution in [-0.2, 0) is 19.3 Å². The van der Waals surface area contributed by atoms with Crippen LogP contribution in [0.25, 0.3) is 12.2 Å². The first-order valence-electron chi connectivity index (χ1n) is 29.3. The maximum Gasteiger partial charge on any atom is -0.0164 e. The van der Waals surface area contributed by atoms with Crippen molar-refractivity contribution < 1.29 is 0 Å². The normalized spacial score (nSPS) is 11.7. The fourth-order valence-electron chi connectivity index (χ4n) is 10.4. The first-order chi connectivity index (χ1) is 31.1. The van der Waals surface area contributed by atoms with Gasteiger partial charge >= 0.3 is 0 Å². The number of benzene rings is 1. The molecule has 1 aromatic carbocycles. The predicted octanol–water partition coefficient (Wildman–Crippen LogP) is 22.2. The molecule has 0 amide bonds.